The highest BCUT2D eigenvalue weighted by Crippen LogP contribution is 2.17. The molecule has 1 heterocycles. The molecular weight excluding hydrogens is 256 g/mol. The molecule has 0 spiro atoms. The molecule has 1 aromatic heterocycles. The average molecular weight is 274 g/mol. The third-order valence-electron chi connectivity index (χ3n) is 2.91. The van der Waals surface area contributed by atoms with E-state index in [0.717, 1.165) is 17.1 Å². The number of ether oxygens (including phenoxy) is 1. The molecule has 0 saturated carbocycles. The van der Waals surface area contributed by atoms with E-state index in [1.165, 1.54) is 0 Å². The summed E-state index contributed by atoms with van der Waals surface area (Å²) in [6.07, 6.45) is 0. The number of hydrogen-bond donors (Lipinski definition) is 2. The van der Waals surface area contributed by atoms with Gasteiger partial charge in [0.25, 0.3) is 0 Å². The monoisotopic (exact) mass is 274 g/mol. The van der Waals surface area contributed by atoms with Gasteiger partial charge >= 0.3 is 6.03 Å². The van der Waals surface area contributed by atoms with E-state index in [1.807, 2.05) is 32.0 Å². The Hall–Kier alpha value is -2.43. The molecule has 106 valence electrons. The zero-order valence-corrected chi connectivity index (χ0v) is 11.8. The molecule has 0 aliphatic heterocycles. The molecule has 20 heavy (non-hydrogen) atoms. The van der Waals surface area contributed by atoms with Gasteiger partial charge in [-0.15, -0.1) is 0 Å². The van der Waals surface area contributed by atoms with Gasteiger partial charge in [0.15, 0.2) is 0 Å². The maximum Gasteiger partial charge on any atom is 0.319 e. The van der Waals surface area contributed by atoms with Gasteiger partial charge in [-0.25, -0.2) is 4.79 Å². The van der Waals surface area contributed by atoms with E-state index in [-0.39, 0.29) is 6.03 Å². The lowest BCUT2D eigenvalue weighted by Crippen LogP contribution is -2.28. The second kappa shape index (κ2) is 6.14. The first-order valence-corrected chi connectivity index (χ1v) is 6.33. The minimum absolute atomic E-state index is 0.267. The lowest BCUT2D eigenvalue weighted by Gasteiger charge is -2.08. The molecular formula is C15H18N2O3. The number of aryl methyl sites for hydroxylation is 2. The SMILES string of the molecule is COc1cccc(NC(=O)NCc2cc(C)oc2C)c1. The third-order valence-corrected chi connectivity index (χ3v) is 2.91. The van der Waals surface area contributed by atoms with Crippen molar-refractivity contribution in [3.63, 3.8) is 0 Å². The van der Waals surface area contributed by atoms with Crippen molar-refractivity contribution in [3.8, 4) is 5.75 Å². The van der Waals surface area contributed by atoms with Crippen LogP contribution in [0.4, 0.5) is 10.5 Å². The molecule has 0 atom stereocenters. The number of urea groups is 1. The van der Waals surface area contributed by atoms with Crippen LogP contribution in [0.2, 0.25) is 0 Å². The van der Waals surface area contributed by atoms with Gasteiger partial charge in [-0.1, -0.05) is 6.07 Å². The van der Waals surface area contributed by atoms with Crippen molar-refractivity contribution in [1.29, 1.82) is 0 Å². The Morgan fingerprint density at radius 3 is 2.75 bits per heavy atom. The fourth-order valence-corrected chi connectivity index (χ4v) is 1.91. The van der Waals surface area contributed by atoms with Gasteiger partial charge in [-0.05, 0) is 32.0 Å². The summed E-state index contributed by atoms with van der Waals surface area (Å²) in [7, 11) is 1.59. The summed E-state index contributed by atoms with van der Waals surface area (Å²) < 4.78 is 10.5. The average Bonchev–Trinajstić information content (AvgIpc) is 2.75. The van der Waals surface area contributed by atoms with Crippen molar-refractivity contribution in [2.45, 2.75) is 20.4 Å². The van der Waals surface area contributed by atoms with E-state index in [4.69, 9.17) is 9.15 Å². The molecule has 0 aliphatic carbocycles. The van der Waals surface area contributed by atoms with Gasteiger partial charge in [0, 0.05) is 23.9 Å². The summed E-state index contributed by atoms with van der Waals surface area (Å²) in [5.74, 6) is 2.36. The van der Waals surface area contributed by atoms with Crippen molar-refractivity contribution in [1.82, 2.24) is 5.32 Å². The van der Waals surface area contributed by atoms with Gasteiger partial charge in [0.2, 0.25) is 0 Å². The summed E-state index contributed by atoms with van der Waals surface area (Å²) in [4.78, 5) is 11.8. The molecule has 1 aromatic carbocycles. The number of carbonyl (C=O) groups excluding carboxylic acids is 1. The Kier molecular flexibility index (Phi) is 4.30. The lowest BCUT2D eigenvalue weighted by molar-refractivity contribution is 0.251. The third kappa shape index (κ3) is 3.54. The Balaban J connectivity index is 1.90. The van der Waals surface area contributed by atoms with Crippen LogP contribution in [0, 0.1) is 13.8 Å². The number of carbonyl (C=O) groups is 1. The van der Waals surface area contributed by atoms with Crippen molar-refractivity contribution in [2.75, 3.05) is 12.4 Å². The Bertz CT molecular complexity index is 605. The molecule has 5 nitrogen and oxygen atoms in total. The maximum absolute atomic E-state index is 11.8. The van der Waals surface area contributed by atoms with Crippen LogP contribution in [0.15, 0.2) is 34.7 Å². The predicted molar refractivity (Wildman–Crippen MR) is 77.0 cm³/mol. The molecule has 0 fully saturated rings. The number of benzene rings is 1. The smallest absolute Gasteiger partial charge is 0.319 e. The largest absolute Gasteiger partial charge is 0.497 e. The van der Waals surface area contributed by atoms with Crippen LogP contribution in [0.5, 0.6) is 5.75 Å². The van der Waals surface area contributed by atoms with Crippen LogP contribution in [0.3, 0.4) is 0 Å². The van der Waals surface area contributed by atoms with Gasteiger partial charge < -0.3 is 19.8 Å². The molecule has 2 amide bonds. The number of methoxy groups -OCH3 is 1. The van der Waals surface area contributed by atoms with Crippen LogP contribution in [-0.2, 0) is 6.54 Å². The Morgan fingerprint density at radius 2 is 2.10 bits per heavy atom. The first-order valence-electron chi connectivity index (χ1n) is 6.33. The zero-order chi connectivity index (χ0) is 14.5. The van der Waals surface area contributed by atoms with Crippen LogP contribution < -0.4 is 15.4 Å². The number of rotatable bonds is 4. The van der Waals surface area contributed by atoms with Crippen LogP contribution in [0.25, 0.3) is 0 Å². The van der Waals surface area contributed by atoms with E-state index in [9.17, 15) is 4.79 Å². The summed E-state index contributed by atoms with van der Waals surface area (Å²) >= 11 is 0. The van der Waals surface area contributed by atoms with Crippen LogP contribution >= 0.6 is 0 Å². The second-order valence-corrected chi connectivity index (χ2v) is 4.48. The summed E-state index contributed by atoms with van der Waals surface area (Å²) in [5.41, 5.74) is 1.66. The van der Waals surface area contributed by atoms with Crippen molar-refractivity contribution in [3.05, 3.63) is 47.4 Å². The molecule has 2 aromatic rings. The van der Waals surface area contributed by atoms with Crippen LogP contribution in [0.1, 0.15) is 17.1 Å². The predicted octanol–water partition coefficient (Wildman–Crippen LogP) is 3.23. The normalized spacial score (nSPS) is 10.2. The molecule has 0 aliphatic rings. The zero-order valence-electron chi connectivity index (χ0n) is 11.8. The fraction of sp³-hybridized carbons (Fsp3) is 0.267. The number of furan rings is 1. The minimum atomic E-state index is -0.267. The lowest BCUT2D eigenvalue weighted by atomic mass is 10.2. The molecule has 0 unspecified atom stereocenters. The number of hydrogen-bond acceptors (Lipinski definition) is 3. The number of nitrogens with one attached hydrogen (secondary N) is 2. The highest BCUT2D eigenvalue weighted by atomic mass is 16.5. The van der Waals surface area contributed by atoms with Crippen LogP contribution in [-0.4, -0.2) is 13.1 Å². The Labute approximate surface area is 117 Å². The molecule has 0 radical (unpaired) electrons. The van der Waals surface area contributed by atoms with Crippen molar-refractivity contribution >= 4 is 11.7 Å². The van der Waals surface area contributed by atoms with E-state index in [0.29, 0.717) is 18.0 Å². The van der Waals surface area contributed by atoms with E-state index < -0.39 is 0 Å². The summed E-state index contributed by atoms with van der Waals surface area (Å²) in [6, 6.07) is 8.85. The highest BCUT2D eigenvalue weighted by Gasteiger charge is 2.07. The molecule has 5 heteroatoms. The standard InChI is InChI=1S/C15H18N2O3/c1-10-7-12(11(2)20-10)9-16-15(18)17-13-5-4-6-14(8-13)19-3/h4-8H,9H2,1-3H3,(H2,16,17,18). The molecule has 0 saturated heterocycles. The van der Waals surface area contributed by atoms with E-state index in [1.54, 1.807) is 19.2 Å². The first-order chi connectivity index (χ1) is 9.58. The van der Waals surface area contributed by atoms with Gasteiger partial charge in [0.05, 0.1) is 7.11 Å². The highest BCUT2D eigenvalue weighted by molar-refractivity contribution is 5.89. The second-order valence-electron chi connectivity index (χ2n) is 4.48. The van der Waals surface area contributed by atoms with Crippen molar-refractivity contribution in [2.24, 2.45) is 0 Å². The fourth-order valence-electron chi connectivity index (χ4n) is 1.91. The first kappa shape index (κ1) is 14.0. The van der Waals surface area contributed by atoms with Gasteiger partial charge in [-0.3, -0.25) is 0 Å². The topological polar surface area (TPSA) is 63.5 Å². The number of amides is 2. The molecule has 2 N–H and O–H groups in total. The quantitative estimate of drug-likeness (QED) is 0.899. The summed E-state index contributed by atoms with van der Waals surface area (Å²) in [5, 5.41) is 5.54. The maximum atomic E-state index is 11.8. The van der Waals surface area contributed by atoms with Gasteiger partial charge in [0.1, 0.15) is 17.3 Å². The Morgan fingerprint density at radius 1 is 1.30 bits per heavy atom. The summed E-state index contributed by atoms with van der Waals surface area (Å²) in [6.45, 7) is 4.19. The number of anilines is 1. The van der Waals surface area contributed by atoms with E-state index >= 15 is 0 Å². The van der Waals surface area contributed by atoms with Gasteiger partial charge in [-0.2, -0.15) is 0 Å². The van der Waals surface area contributed by atoms with Crippen molar-refractivity contribution < 1.29 is 13.9 Å². The molecule has 0 bridgehead atoms. The minimum Gasteiger partial charge on any atom is -0.497 e. The van der Waals surface area contributed by atoms with E-state index in [2.05, 4.69) is 10.6 Å². The molecule has 2 rings (SSSR count).